The summed E-state index contributed by atoms with van der Waals surface area (Å²) in [5.74, 6) is 0. The smallest absolute Gasteiger partial charge is 0.0423 e. The molecule has 1 N–H and O–H groups in total. The van der Waals surface area contributed by atoms with Crippen molar-refractivity contribution < 1.29 is 0 Å². The Morgan fingerprint density at radius 3 is 2.59 bits per heavy atom. The molecule has 0 aliphatic heterocycles. The molecule has 0 amide bonds. The monoisotopic (exact) mass is 232 g/mol. The Kier molecular flexibility index (Phi) is 5.36. The molecule has 1 aromatic rings. The molecule has 1 rings (SSSR count). The van der Waals surface area contributed by atoms with Gasteiger partial charge in [0.05, 0.1) is 0 Å². The van der Waals surface area contributed by atoms with E-state index >= 15 is 0 Å². The number of hydrogen-bond acceptors (Lipinski definition) is 2. The summed E-state index contributed by atoms with van der Waals surface area (Å²) in [5, 5.41) is 3.52. The van der Waals surface area contributed by atoms with Gasteiger partial charge in [-0.25, -0.2) is 0 Å². The van der Waals surface area contributed by atoms with Crippen LogP contribution in [0.25, 0.3) is 0 Å². The van der Waals surface area contributed by atoms with Crippen molar-refractivity contribution in [1.29, 1.82) is 0 Å². The van der Waals surface area contributed by atoms with E-state index in [-0.39, 0.29) is 0 Å². The summed E-state index contributed by atoms with van der Waals surface area (Å²) in [5.41, 5.74) is 4.79. The normalized spacial score (nSPS) is 12.5. The van der Waals surface area contributed by atoms with Gasteiger partial charge >= 0.3 is 0 Å². The van der Waals surface area contributed by atoms with Gasteiger partial charge in [-0.3, -0.25) is 4.98 Å². The lowest BCUT2D eigenvalue weighted by atomic mass is 9.97. The van der Waals surface area contributed by atoms with Gasteiger partial charge in [-0.15, -0.1) is 0 Å². The molecule has 0 bridgehead atoms. The number of pyridine rings is 1. The standard InChI is InChI=1S/C15H24N2/c1-6-11(3)10-15(16-7-2)14-9-8-12(4)17-13(14)5/h8-9,15-16H,3,6-7,10H2,1-2,4-5H3. The van der Waals surface area contributed by atoms with E-state index in [1.54, 1.807) is 0 Å². The lowest BCUT2D eigenvalue weighted by Crippen LogP contribution is -2.22. The highest BCUT2D eigenvalue weighted by Gasteiger charge is 2.14. The van der Waals surface area contributed by atoms with Crippen LogP contribution < -0.4 is 5.32 Å². The van der Waals surface area contributed by atoms with Crippen LogP contribution in [-0.4, -0.2) is 11.5 Å². The summed E-state index contributed by atoms with van der Waals surface area (Å²) in [6.07, 6.45) is 2.04. The van der Waals surface area contributed by atoms with Gasteiger partial charge in [-0.05, 0) is 44.9 Å². The minimum Gasteiger partial charge on any atom is -0.310 e. The maximum atomic E-state index is 4.54. The molecule has 94 valence electrons. The van der Waals surface area contributed by atoms with Gasteiger partial charge < -0.3 is 5.32 Å². The minimum atomic E-state index is 0.348. The molecule has 0 spiro atoms. The van der Waals surface area contributed by atoms with Crippen LogP contribution in [0, 0.1) is 13.8 Å². The van der Waals surface area contributed by atoms with Crippen molar-refractivity contribution >= 4 is 0 Å². The average molecular weight is 232 g/mol. The Labute approximate surface area is 105 Å². The van der Waals surface area contributed by atoms with Crippen molar-refractivity contribution in [3.63, 3.8) is 0 Å². The number of nitrogens with zero attached hydrogens (tertiary/aromatic N) is 1. The first kappa shape index (κ1) is 13.9. The van der Waals surface area contributed by atoms with E-state index in [4.69, 9.17) is 0 Å². The summed E-state index contributed by atoms with van der Waals surface area (Å²) >= 11 is 0. The van der Waals surface area contributed by atoms with Crippen LogP contribution in [0.2, 0.25) is 0 Å². The summed E-state index contributed by atoms with van der Waals surface area (Å²) < 4.78 is 0. The first-order chi connectivity index (χ1) is 8.08. The third-order valence-electron chi connectivity index (χ3n) is 3.08. The van der Waals surface area contributed by atoms with Gasteiger partial charge in [-0.2, -0.15) is 0 Å². The molecule has 1 heterocycles. The topological polar surface area (TPSA) is 24.9 Å². The highest BCUT2D eigenvalue weighted by Crippen LogP contribution is 2.24. The summed E-state index contributed by atoms with van der Waals surface area (Å²) in [7, 11) is 0. The largest absolute Gasteiger partial charge is 0.310 e. The first-order valence-electron chi connectivity index (χ1n) is 6.42. The van der Waals surface area contributed by atoms with Gasteiger partial charge in [0, 0.05) is 17.4 Å². The van der Waals surface area contributed by atoms with Gasteiger partial charge in [0.15, 0.2) is 0 Å². The van der Waals surface area contributed by atoms with E-state index in [1.165, 1.54) is 11.1 Å². The summed E-state index contributed by atoms with van der Waals surface area (Å²) in [6.45, 7) is 13.5. The van der Waals surface area contributed by atoms with Crippen molar-refractivity contribution in [2.75, 3.05) is 6.54 Å². The van der Waals surface area contributed by atoms with Crippen LogP contribution in [0.3, 0.4) is 0 Å². The van der Waals surface area contributed by atoms with Gasteiger partial charge in [-0.1, -0.05) is 32.1 Å². The van der Waals surface area contributed by atoms with E-state index < -0.39 is 0 Å². The van der Waals surface area contributed by atoms with Crippen molar-refractivity contribution in [1.82, 2.24) is 10.3 Å². The zero-order chi connectivity index (χ0) is 12.8. The molecular formula is C15H24N2. The predicted molar refractivity (Wildman–Crippen MR) is 74.2 cm³/mol. The molecule has 0 saturated heterocycles. The van der Waals surface area contributed by atoms with E-state index in [1.807, 2.05) is 6.92 Å². The molecule has 0 radical (unpaired) electrons. The van der Waals surface area contributed by atoms with Crippen molar-refractivity contribution in [2.45, 2.75) is 46.6 Å². The molecule has 17 heavy (non-hydrogen) atoms. The maximum Gasteiger partial charge on any atom is 0.0423 e. The lowest BCUT2D eigenvalue weighted by Gasteiger charge is -2.21. The molecule has 0 aliphatic carbocycles. The van der Waals surface area contributed by atoms with Crippen LogP contribution in [0.1, 0.15) is 49.7 Å². The van der Waals surface area contributed by atoms with Gasteiger partial charge in [0.1, 0.15) is 0 Å². The maximum absolute atomic E-state index is 4.54. The predicted octanol–water partition coefficient (Wildman–Crippen LogP) is 3.71. The van der Waals surface area contributed by atoms with E-state index in [0.717, 1.165) is 30.8 Å². The second-order valence-electron chi connectivity index (χ2n) is 4.55. The molecule has 2 heteroatoms. The van der Waals surface area contributed by atoms with Crippen LogP contribution >= 0.6 is 0 Å². The minimum absolute atomic E-state index is 0.348. The van der Waals surface area contributed by atoms with Gasteiger partial charge in [0.25, 0.3) is 0 Å². The Morgan fingerprint density at radius 1 is 1.35 bits per heavy atom. The molecule has 0 fully saturated rings. The fourth-order valence-corrected chi connectivity index (χ4v) is 2.04. The summed E-state index contributed by atoms with van der Waals surface area (Å²) in [6, 6.07) is 4.62. The fourth-order valence-electron chi connectivity index (χ4n) is 2.04. The third-order valence-corrected chi connectivity index (χ3v) is 3.08. The van der Waals surface area contributed by atoms with E-state index in [0.29, 0.717) is 6.04 Å². The highest BCUT2D eigenvalue weighted by atomic mass is 14.9. The van der Waals surface area contributed by atoms with Crippen molar-refractivity contribution in [3.8, 4) is 0 Å². The number of rotatable bonds is 6. The zero-order valence-corrected chi connectivity index (χ0v) is 11.5. The van der Waals surface area contributed by atoms with Gasteiger partial charge in [0.2, 0.25) is 0 Å². The number of aryl methyl sites for hydroxylation is 2. The van der Waals surface area contributed by atoms with E-state index in [2.05, 4.69) is 49.8 Å². The van der Waals surface area contributed by atoms with Crippen LogP contribution in [-0.2, 0) is 0 Å². The Bertz CT molecular complexity index is 383. The quantitative estimate of drug-likeness (QED) is 0.756. The van der Waals surface area contributed by atoms with Crippen molar-refractivity contribution in [2.24, 2.45) is 0 Å². The molecule has 2 nitrogen and oxygen atoms in total. The van der Waals surface area contributed by atoms with Crippen LogP contribution in [0.5, 0.6) is 0 Å². The number of aromatic nitrogens is 1. The Morgan fingerprint density at radius 2 is 2.06 bits per heavy atom. The second kappa shape index (κ2) is 6.55. The highest BCUT2D eigenvalue weighted by molar-refractivity contribution is 5.26. The van der Waals surface area contributed by atoms with Crippen LogP contribution in [0.4, 0.5) is 0 Å². The van der Waals surface area contributed by atoms with E-state index in [9.17, 15) is 0 Å². The SMILES string of the molecule is C=C(CC)CC(NCC)c1ccc(C)nc1C. The second-order valence-corrected chi connectivity index (χ2v) is 4.55. The molecule has 1 unspecified atom stereocenters. The molecular weight excluding hydrogens is 208 g/mol. The third kappa shape index (κ3) is 3.97. The van der Waals surface area contributed by atoms with Crippen molar-refractivity contribution in [3.05, 3.63) is 41.2 Å². The average Bonchev–Trinajstić information content (AvgIpc) is 2.28. The zero-order valence-electron chi connectivity index (χ0n) is 11.5. The number of hydrogen-bond donors (Lipinski definition) is 1. The molecule has 0 aliphatic rings. The summed E-state index contributed by atoms with van der Waals surface area (Å²) in [4.78, 5) is 4.54. The molecule has 0 saturated carbocycles. The first-order valence-corrected chi connectivity index (χ1v) is 6.42. The molecule has 1 atom stereocenters. The Balaban J connectivity index is 2.92. The molecule has 1 aromatic heterocycles. The fraction of sp³-hybridized carbons (Fsp3) is 0.533. The van der Waals surface area contributed by atoms with Crippen LogP contribution in [0.15, 0.2) is 24.3 Å². The number of nitrogens with one attached hydrogen (secondary N) is 1. The molecule has 0 aromatic carbocycles. The lowest BCUT2D eigenvalue weighted by molar-refractivity contribution is 0.538. The Hall–Kier alpha value is -1.15.